The molecule has 0 aliphatic heterocycles. The Bertz CT molecular complexity index is 407. The third kappa shape index (κ3) is 4.20. The molecular formula is C15H21Br2NO. The molecule has 1 atom stereocenters. The van der Waals surface area contributed by atoms with Gasteiger partial charge in [0.05, 0.1) is 15.0 Å². The summed E-state index contributed by atoms with van der Waals surface area (Å²) in [7, 11) is 0. The third-order valence-electron chi connectivity index (χ3n) is 3.67. The van der Waals surface area contributed by atoms with Crippen molar-refractivity contribution in [2.75, 3.05) is 0 Å². The van der Waals surface area contributed by atoms with Gasteiger partial charge in [0.2, 0.25) is 0 Å². The zero-order valence-corrected chi connectivity index (χ0v) is 14.5. The first-order valence-corrected chi connectivity index (χ1v) is 8.59. The minimum absolute atomic E-state index is 0.223. The lowest BCUT2D eigenvalue weighted by molar-refractivity contribution is 0.207. The first-order valence-electron chi connectivity index (χ1n) is 7.00. The van der Waals surface area contributed by atoms with Crippen molar-refractivity contribution in [2.24, 2.45) is 5.73 Å². The largest absolute Gasteiger partial charge is 0.488 e. The lowest BCUT2D eigenvalue weighted by Crippen LogP contribution is -2.21. The number of hydrogen-bond donors (Lipinski definition) is 1. The minimum atomic E-state index is 0.223. The van der Waals surface area contributed by atoms with Gasteiger partial charge < -0.3 is 10.5 Å². The van der Waals surface area contributed by atoms with E-state index in [0.717, 1.165) is 27.5 Å². The molecule has 0 heterocycles. The second-order valence-corrected chi connectivity index (χ2v) is 6.99. The van der Waals surface area contributed by atoms with Gasteiger partial charge in [0.1, 0.15) is 5.75 Å². The standard InChI is InChI=1S/C15H21Br2NO/c1-2-11(18)7-10-8-13(16)15(14(17)9-10)19-12-5-3-4-6-12/h8-9,11-12H,2-7,18H2,1H3. The van der Waals surface area contributed by atoms with Crippen LogP contribution in [-0.4, -0.2) is 12.1 Å². The van der Waals surface area contributed by atoms with Gasteiger partial charge in [-0.1, -0.05) is 6.92 Å². The summed E-state index contributed by atoms with van der Waals surface area (Å²) in [6, 6.07) is 4.48. The smallest absolute Gasteiger partial charge is 0.148 e. The zero-order chi connectivity index (χ0) is 13.8. The highest BCUT2D eigenvalue weighted by atomic mass is 79.9. The number of benzene rings is 1. The summed E-state index contributed by atoms with van der Waals surface area (Å²) in [5.74, 6) is 0.931. The Balaban J connectivity index is 2.12. The molecule has 1 aromatic rings. The lowest BCUT2D eigenvalue weighted by Gasteiger charge is -2.17. The van der Waals surface area contributed by atoms with E-state index >= 15 is 0 Å². The van der Waals surface area contributed by atoms with Gasteiger partial charge in [-0.2, -0.15) is 0 Å². The van der Waals surface area contributed by atoms with Crippen molar-refractivity contribution in [3.05, 3.63) is 26.6 Å². The van der Waals surface area contributed by atoms with Crippen LogP contribution in [0.5, 0.6) is 5.75 Å². The van der Waals surface area contributed by atoms with E-state index in [1.807, 2.05) is 0 Å². The average Bonchev–Trinajstić information content (AvgIpc) is 2.86. The van der Waals surface area contributed by atoms with Gasteiger partial charge in [-0.3, -0.25) is 0 Å². The van der Waals surface area contributed by atoms with E-state index in [2.05, 4.69) is 50.9 Å². The molecule has 4 heteroatoms. The van der Waals surface area contributed by atoms with Gasteiger partial charge in [0.25, 0.3) is 0 Å². The molecule has 1 unspecified atom stereocenters. The Hall–Kier alpha value is -0.0600. The Labute approximate surface area is 132 Å². The molecule has 2 nitrogen and oxygen atoms in total. The van der Waals surface area contributed by atoms with Crippen LogP contribution >= 0.6 is 31.9 Å². The van der Waals surface area contributed by atoms with Gasteiger partial charge in [-0.05, 0) is 88.1 Å². The molecule has 106 valence electrons. The molecule has 1 aliphatic rings. The van der Waals surface area contributed by atoms with Crippen molar-refractivity contribution in [1.29, 1.82) is 0 Å². The second kappa shape index (κ2) is 7.09. The normalized spacial score (nSPS) is 17.7. The predicted octanol–water partition coefficient (Wildman–Crippen LogP) is 4.81. The SMILES string of the molecule is CCC(N)Cc1cc(Br)c(OC2CCCC2)c(Br)c1. The Kier molecular flexibility index (Phi) is 5.72. The molecule has 0 spiro atoms. The molecule has 19 heavy (non-hydrogen) atoms. The minimum Gasteiger partial charge on any atom is -0.488 e. The fourth-order valence-corrected chi connectivity index (χ4v) is 3.93. The highest BCUT2D eigenvalue weighted by Crippen LogP contribution is 2.37. The Morgan fingerprint density at radius 1 is 1.26 bits per heavy atom. The van der Waals surface area contributed by atoms with Crippen LogP contribution < -0.4 is 10.5 Å². The topological polar surface area (TPSA) is 35.2 Å². The number of hydrogen-bond acceptors (Lipinski definition) is 2. The summed E-state index contributed by atoms with van der Waals surface area (Å²) >= 11 is 7.24. The molecule has 0 amide bonds. The summed E-state index contributed by atoms with van der Waals surface area (Å²) in [6.07, 6.45) is 7.17. The maximum atomic E-state index is 6.10. The van der Waals surface area contributed by atoms with Gasteiger partial charge >= 0.3 is 0 Å². The van der Waals surface area contributed by atoms with E-state index in [1.165, 1.54) is 31.2 Å². The van der Waals surface area contributed by atoms with Crippen molar-refractivity contribution < 1.29 is 4.74 Å². The van der Waals surface area contributed by atoms with Crippen molar-refractivity contribution >= 4 is 31.9 Å². The molecule has 0 radical (unpaired) electrons. The van der Waals surface area contributed by atoms with Crippen LogP contribution in [-0.2, 0) is 6.42 Å². The van der Waals surface area contributed by atoms with Crippen LogP contribution in [0.15, 0.2) is 21.1 Å². The Morgan fingerprint density at radius 3 is 2.37 bits per heavy atom. The molecule has 0 aromatic heterocycles. The molecule has 1 aromatic carbocycles. The summed E-state index contributed by atoms with van der Waals surface area (Å²) < 4.78 is 8.14. The van der Waals surface area contributed by atoms with Crippen LogP contribution in [0.1, 0.15) is 44.6 Å². The molecule has 1 aliphatic carbocycles. The predicted molar refractivity (Wildman–Crippen MR) is 86.7 cm³/mol. The fraction of sp³-hybridized carbons (Fsp3) is 0.600. The number of rotatable bonds is 5. The van der Waals surface area contributed by atoms with E-state index in [4.69, 9.17) is 10.5 Å². The second-order valence-electron chi connectivity index (χ2n) is 5.29. The van der Waals surface area contributed by atoms with Crippen LogP contribution in [0, 0.1) is 0 Å². The monoisotopic (exact) mass is 389 g/mol. The summed E-state index contributed by atoms with van der Waals surface area (Å²) in [4.78, 5) is 0. The van der Waals surface area contributed by atoms with Crippen LogP contribution in [0.3, 0.4) is 0 Å². The quantitative estimate of drug-likeness (QED) is 0.782. The van der Waals surface area contributed by atoms with Gasteiger partial charge in [-0.15, -0.1) is 0 Å². The fourth-order valence-electron chi connectivity index (χ4n) is 2.46. The summed E-state index contributed by atoms with van der Waals surface area (Å²) in [5.41, 5.74) is 7.26. The van der Waals surface area contributed by atoms with E-state index in [0.29, 0.717) is 6.10 Å². The van der Waals surface area contributed by atoms with E-state index in [9.17, 15) is 0 Å². The van der Waals surface area contributed by atoms with Crippen molar-refractivity contribution in [3.63, 3.8) is 0 Å². The first kappa shape index (κ1) is 15.3. The molecule has 1 saturated carbocycles. The van der Waals surface area contributed by atoms with E-state index in [-0.39, 0.29) is 6.04 Å². The molecule has 2 rings (SSSR count). The average molecular weight is 391 g/mol. The molecule has 2 N–H and O–H groups in total. The number of ether oxygens (including phenoxy) is 1. The van der Waals surface area contributed by atoms with E-state index < -0.39 is 0 Å². The zero-order valence-electron chi connectivity index (χ0n) is 11.3. The lowest BCUT2D eigenvalue weighted by atomic mass is 10.0. The number of halogens is 2. The van der Waals surface area contributed by atoms with Crippen LogP contribution in [0.25, 0.3) is 0 Å². The van der Waals surface area contributed by atoms with Crippen LogP contribution in [0.2, 0.25) is 0 Å². The maximum Gasteiger partial charge on any atom is 0.148 e. The summed E-state index contributed by atoms with van der Waals surface area (Å²) in [6.45, 7) is 2.12. The highest BCUT2D eigenvalue weighted by Gasteiger charge is 2.19. The summed E-state index contributed by atoms with van der Waals surface area (Å²) in [5, 5.41) is 0. The van der Waals surface area contributed by atoms with E-state index in [1.54, 1.807) is 0 Å². The van der Waals surface area contributed by atoms with Crippen molar-refractivity contribution in [3.8, 4) is 5.75 Å². The number of nitrogens with two attached hydrogens (primary N) is 1. The van der Waals surface area contributed by atoms with Gasteiger partial charge in [0.15, 0.2) is 0 Å². The molecule has 0 bridgehead atoms. The molecule has 1 fully saturated rings. The van der Waals surface area contributed by atoms with Crippen LogP contribution in [0.4, 0.5) is 0 Å². The highest BCUT2D eigenvalue weighted by molar-refractivity contribution is 9.11. The Morgan fingerprint density at radius 2 is 1.84 bits per heavy atom. The molecular weight excluding hydrogens is 370 g/mol. The van der Waals surface area contributed by atoms with Crippen molar-refractivity contribution in [2.45, 2.75) is 57.6 Å². The van der Waals surface area contributed by atoms with Gasteiger partial charge in [-0.25, -0.2) is 0 Å². The maximum absolute atomic E-state index is 6.10. The first-order chi connectivity index (χ1) is 9.10. The van der Waals surface area contributed by atoms with Crippen molar-refractivity contribution in [1.82, 2.24) is 0 Å². The third-order valence-corrected chi connectivity index (χ3v) is 4.85. The molecule has 0 saturated heterocycles. The van der Waals surface area contributed by atoms with Gasteiger partial charge in [0, 0.05) is 6.04 Å².